The van der Waals surface area contributed by atoms with Crippen LogP contribution in [-0.4, -0.2) is 19.5 Å². The fourth-order valence-electron chi connectivity index (χ4n) is 8.42. The Morgan fingerprint density at radius 1 is 0.648 bits per heavy atom. The van der Waals surface area contributed by atoms with E-state index < -0.39 is 5.41 Å². The summed E-state index contributed by atoms with van der Waals surface area (Å²) in [5, 5.41) is 2.20. The summed E-state index contributed by atoms with van der Waals surface area (Å²) in [6.07, 6.45) is 6.47. The number of nitrogens with zero attached hydrogens (tertiary/aromatic N) is 4. The van der Waals surface area contributed by atoms with Gasteiger partial charge in [0.05, 0.1) is 0 Å². The number of pyridine rings is 3. The van der Waals surface area contributed by atoms with E-state index in [1.54, 1.807) is 0 Å². The Hall–Kier alpha value is -5.18. The third-order valence-corrected chi connectivity index (χ3v) is 10.9. The van der Waals surface area contributed by atoms with Crippen LogP contribution in [0.3, 0.4) is 0 Å². The van der Waals surface area contributed by atoms with Gasteiger partial charge in [-0.3, -0.25) is 4.98 Å². The molecule has 54 heavy (non-hydrogen) atoms. The molecular formula is C49H42N4Pt. The van der Waals surface area contributed by atoms with E-state index in [-0.39, 0.29) is 31.9 Å². The van der Waals surface area contributed by atoms with Gasteiger partial charge in [-0.1, -0.05) is 126 Å². The molecule has 4 aromatic heterocycles. The molecule has 9 rings (SSSR count). The van der Waals surface area contributed by atoms with Gasteiger partial charge in [0.2, 0.25) is 0 Å². The summed E-state index contributed by atoms with van der Waals surface area (Å²) in [6.45, 7) is 13.6. The molecule has 0 saturated heterocycles. The Labute approximate surface area is 332 Å². The first-order valence-corrected chi connectivity index (χ1v) is 18.5. The van der Waals surface area contributed by atoms with E-state index in [2.05, 4.69) is 174 Å². The van der Waals surface area contributed by atoms with E-state index in [4.69, 9.17) is 15.0 Å². The van der Waals surface area contributed by atoms with Crippen molar-refractivity contribution in [2.45, 2.75) is 64.2 Å². The van der Waals surface area contributed by atoms with Crippen molar-refractivity contribution in [3.63, 3.8) is 0 Å². The molecule has 268 valence electrons. The van der Waals surface area contributed by atoms with Crippen molar-refractivity contribution < 1.29 is 21.1 Å². The summed E-state index contributed by atoms with van der Waals surface area (Å²) in [5.74, 6) is 0.886. The number of rotatable bonds is 5. The van der Waals surface area contributed by atoms with Gasteiger partial charge in [0.1, 0.15) is 5.82 Å². The second kappa shape index (κ2) is 13.3. The van der Waals surface area contributed by atoms with E-state index in [1.165, 1.54) is 33.4 Å². The topological polar surface area (TPSA) is 43.6 Å². The average molecular weight is 882 g/mol. The van der Waals surface area contributed by atoms with Crippen molar-refractivity contribution in [3.05, 3.63) is 191 Å². The van der Waals surface area contributed by atoms with Gasteiger partial charge in [0.15, 0.2) is 0 Å². The van der Waals surface area contributed by atoms with Crippen molar-refractivity contribution in [2.24, 2.45) is 0 Å². The van der Waals surface area contributed by atoms with E-state index in [1.807, 2.05) is 18.6 Å². The average Bonchev–Trinajstić information content (AvgIpc) is 3.65. The van der Waals surface area contributed by atoms with Crippen LogP contribution >= 0.6 is 0 Å². The predicted octanol–water partition coefficient (Wildman–Crippen LogP) is 11.1. The van der Waals surface area contributed by atoms with Gasteiger partial charge in [-0.2, -0.15) is 0 Å². The maximum Gasteiger partial charge on any atom is 2.00 e. The van der Waals surface area contributed by atoms with Crippen LogP contribution in [0.15, 0.2) is 134 Å². The second-order valence-electron chi connectivity index (χ2n) is 16.4. The zero-order chi connectivity index (χ0) is 36.5. The van der Waals surface area contributed by atoms with Gasteiger partial charge in [0.25, 0.3) is 0 Å². The van der Waals surface area contributed by atoms with Crippen LogP contribution in [0.4, 0.5) is 0 Å². The molecule has 1 aliphatic rings. The van der Waals surface area contributed by atoms with Crippen molar-refractivity contribution >= 4 is 21.8 Å². The molecule has 0 unspecified atom stereocenters. The third-order valence-electron chi connectivity index (χ3n) is 10.9. The summed E-state index contributed by atoms with van der Waals surface area (Å²) in [7, 11) is 0. The van der Waals surface area contributed by atoms with Crippen molar-refractivity contribution in [2.75, 3.05) is 0 Å². The number of fused-ring (bicyclic) bond motifs is 6. The molecule has 0 N–H and O–H groups in total. The SMILES string of the molecule is CC(C)(C)c1ccnc(-n2c3[c-]c(Cc4[c-]c5c(cc4)C(c4ccccc4)(c4ccccc4)c4c(C(C)(C)C)ccnc4-5)ncc3c3ccccc32)c1.[Pt+2]. The van der Waals surface area contributed by atoms with E-state index >= 15 is 0 Å². The molecule has 0 amide bonds. The minimum absolute atomic E-state index is 0. The Bertz CT molecular complexity index is 2620. The smallest absolute Gasteiger partial charge is 0.331 e. The second-order valence-corrected chi connectivity index (χ2v) is 16.4. The van der Waals surface area contributed by atoms with Crippen LogP contribution < -0.4 is 0 Å². The van der Waals surface area contributed by atoms with Gasteiger partial charge in [-0.15, -0.1) is 45.8 Å². The minimum atomic E-state index is -0.544. The molecule has 0 saturated carbocycles. The van der Waals surface area contributed by atoms with Gasteiger partial charge in [-0.25, -0.2) is 11.1 Å². The zero-order valence-electron chi connectivity index (χ0n) is 31.5. The monoisotopic (exact) mass is 881 g/mol. The summed E-state index contributed by atoms with van der Waals surface area (Å²) in [4.78, 5) is 15.0. The van der Waals surface area contributed by atoms with Crippen LogP contribution in [-0.2, 0) is 43.7 Å². The van der Waals surface area contributed by atoms with Gasteiger partial charge >= 0.3 is 21.1 Å². The Balaban J connectivity index is 0.00000413. The maximum atomic E-state index is 5.14. The zero-order valence-corrected chi connectivity index (χ0v) is 33.8. The van der Waals surface area contributed by atoms with Crippen LogP contribution in [0.2, 0.25) is 0 Å². The molecular weight excluding hydrogens is 840 g/mol. The first kappa shape index (κ1) is 35.8. The molecule has 0 spiro atoms. The standard InChI is InChI=1S/C49H42N4.Pt/c1-47(2,3)35-23-25-50-44(29-35)53-42-20-14-13-19-37(42)39-31-52-36(30-43(39)53)27-32-21-22-40-38(28-32)46-45(41(24-26-51-46)48(4,5)6)49(40,33-15-9-7-10-16-33)34-17-11-8-12-18-34;/h7-26,29,31H,27H2,1-6H3;/q-2;+2. The predicted molar refractivity (Wildman–Crippen MR) is 216 cm³/mol. The summed E-state index contributed by atoms with van der Waals surface area (Å²) >= 11 is 0. The van der Waals surface area contributed by atoms with Crippen LogP contribution in [0, 0.1) is 12.1 Å². The van der Waals surface area contributed by atoms with Crippen molar-refractivity contribution in [1.29, 1.82) is 0 Å². The first-order chi connectivity index (χ1) is 25.5. The summed E-state index contributed by atoms with van der Waals surface area (Å²) < 4.78 is 2.24. The molecule has 0 radical (unpaired) electrons. The number of benzene rings is 4. The minimum Gasteiger partial charge on any atom is -0.331 e. The quantitative estimate of drug-likeness (QED) is 0.162. The molecule has 1 aliphatic carbocycles. The van der Waals surface area contributed by atoms with Crippen molar-refractivity contribution in [1.82, 2.24) is 19.5 Å². The first-order valence-electron chi connectivity index (χ1n) is 18.5. The van der Waals surface area contributed by atoms with Crippen LogP contribution in [0.1, 0.15) is 86.2 Å². The largest absolute Gasteiger partial charge is 2.00 e. The number of hydrogen-bond acceptors (Lipinski definition) is 3. The molecule has 0 atom stereocenters. The Morgan fingerprint density at radius 2 is 1.31 bits per heavy atom. The maximum absolute atomic E-state index is 5.14. The number of para-hydroxylation sites is 1. The van der Waals surface area contributed by atoms with Gasteiger partial charge in [-0.05, 0) is 86.9 Å². The van der Waals surface area contributed by atoms with Crippen LogP contribution in [0.25, 0.3) is 38.9 Å². The van der Waals surface area contributed by atoms with Gasteiger partial charge in [0, 0.05) is 23.3 Å². The van der Waals surface area contributed by atoms with E-state index in [9.17, 15) is 0 Å². The van der Waals surface area contributed by atoms with E-state index in [0.717, 1.165) is 50.1 Å². The molecule has 0 fully saturated rings. The molecule has 4 aromatic carbocycles. The van der Waals surface area contributed by atoms with Crippen LogP contribution in [0.5, 0.6) is 0 Å². The Kier molecular flexibility index (Phi) is 8.82. The molecule has 5 heteroatoms. The van der Waals surface area contributed by atoms with Gasteiger partial charge < -0.3 is 9.55 Å². The summed E-state index contributed by atoms with van der Waals surface area (Å²) in [5.41, 5.74) is 12.8. The number of hydrogen-bond donors (Lipinski definition) is 0. The van der Waals surface area contributed by atoms with E-state index in [0.29, 0.717) is 6.42 Å². The third kappa shape index (κ3) is 5.66. The molecule has 8 aromatic rings. The molecule has 4 nitrogen and oxygen atoms in total. The molecule has 0 aliphatic heterocycles. The number of aromatic nitrogens is 4. The molecule has 0 bridgehead atoms. The fourth-order valence-corrected chi connectivity index (χ4v) is 8.42. The van der Waals surface area contributed by atoms with Crippen molar-refractivity contribution in [3.8, 4) is 17.1 Å². The summed E-state index contributed by atoms with van der Waals surface area (Å²) in [6, 6.07) is 49.0. The molecule has 4 heterocycles. The Morgan fingerprint density at radius 3 is 2.00 bits per heavy atom. The normalized spacial score (nSPS) is 13.4. The fraction of sp³-hybridized carbons (Fsp3) is 0.204.